The minimum Gasteiger partial charge on any atom is -0.378 e. The van der Waals surface area contributed by atoms with Crippen LogP contribution < -0.4 is 4.90 Å². The van der Waals surface area contributed by atoms with E-state index in [1.165, 1.54) is 12.1 Å². The van der Waals surface area contributed by atoms with Gasteiger partial charge in [-0.15, -0.1) is 0 Å². The molecule has 0 unspecified atom stereocenters. The molecule has 0 atom stereocenters. The zero-order valence-electron chi connectivity index (χ0n) is 16.3. The van der Waals surface area contributed by atoms with Gasteiger partial charge in [0.2, 0.25) is 11.7 Å². The van der Waals surface area contributed by atoms with Crippen molar-refractivity contribution in [1.29, 1.82) is 0 Å². The number of aromatic nitrogens is 2. The number of carbonyl (C=O) groups excluding carboxylic acids is 1. The maximum Gasteiger partial charge on any atom is 0.416 e. The molecule has 1 amide bonds. The third-order valence-electron chi connectivity index (χ3n) is 5.04. The van der Waals surface area contributed by atoms with E-state index in [1.54, 1.807) is 17.0 Å². The maximum absolute atomic E-state index is 12.9. The van der Waals surface area contributed by atoms with E-state index in [0.29, 0.717) is 24.5 Å². The molecule has 1 saturated heterocycles. The van der Waals surface area contributed by atoms with Gasteiger partial charge in [0.1, 0.15) is 0 Å². The van der Waals surface area contributed by atoms with E-state index < -0.39 is 11.7 Å². The molecule has 0 aliphatic carbocycles. The lowest BCUT2D eigenvalue weighted by atomic mass is 9.98. The van der Waals surface area contributed by atoms with Crippen LogP contribution in [-0.4, -0.2) is 48.1 Å². The van der Waals surface area contributed by atoms with Gasteiger partial charge < -0.3 is 14.3 Å². The average molecular weight is 416 g/mol. The second-order valence-corrected chi connectivity index (χ2v) is 7.38. The Balaban J connectivity index is 1.41. The Morgan fingerprint density at radius 2 is 1.83 bits per heavy atom. The van der Waals surface area contributed by atoms with Crippen molar-refractivity contribution in [3.05, 3.63) is 65.5 Å². The molecule has 0 saturated carbocycles. The van der Waals surface area contributed by atoms with Crippen molar-refractivity contribution in [2.75, 3.05) is 32.1 Å². The second-order valence-electron chi connectivity index (χ2n) is 7.38. The molecule has 0 radical (unpaired) electrons. The number of hydrogen-bond donors (Lipinski definition) is 0. The fourth-order valence-electron chi connectivity index (χ4n) is 3.24. The Bertz CT molecular complexity index is 1050. The van der Waals surface area contributed by atoms with E-state index in [-0.39, 0.29) is 23.2 Å². The lowest BCUT2D eigenvalue weighted by molar-refractivity contribution is -0.137. The summed E-state index contributed by atoms with van der Waals surface area (Å²) in [7, 11) is 3.85. The molecule has 1 fully saturated rings. The number of anilines is 1. The van der Waals surface area contributed by atoms with Crippen molar-refractivity contribution < 1.29 is 22.5 Å². The monoisotopic (exact) mass is 416 g/mol. The molecular weight excluding hydrogens is 397 g/mol. The van der Waals surface area contributed by atoms with Gasteiger partial charge in [-0.2, -0.15) is 18.2 Å². The SMILES string of the molecule is CN(C)c1ccc(C(=O)N2CC(c3nc(-c4cccc(C(F)(F)F)c4)no3)C2)cc1. The van der Waals surface area contributed by atoms with Gasteiger partial charge in [0.25, 0.3) is 5.91 Å². The Hall–Kier alpha value is -3.36. The lowest BCUT2D eigenvalue weighted by Crippen LogP contribution is -2.48. The molecular formula is C21H19F3N4O2. The first-order chi connectivity index (χ1) is 14.2. The molecule has 3 aromatic rings. The zero-order chi connectivity index (χ0) is 21.5. The molecule has 4 rings (SSSR count). The highest BCUT2D eigenvalue weighted by Gasteiger charge is 2.36. The van der Waals surface area contributed by atoms with Gasteiger partial charge in [-0.3, -0.25) is 4.79 Å². The van der Waals surface area contributed by atoms with Crippen LogP contribution in [0.2, 0.25) is 0 Å². The fraction of sp³-hybridized carbons (Fsp3) is 0.286. The summed E-state index contributed by atoms with van der Waals surface area (Å²) in [4.78, 5) is 20.4. The molecule has 30 heavy (non-hydrogen) atoms. The Labute approximate surface area is 170 Å². The van der Waals surface area contributed by atoms with Crippen LogP contribution in [0.5, 0.6) is 0 Å². The van der Waals surface area contributed by atoms with E-state index in [1.807, 2.05) is 31.1 Å². The predicted molar refractivity (Wildman–Crippen MR) is 104 cm³/mol. The van der Waals surface area contributed by atoms with Gasteiger partial charge >= 0.3 is 6.18 Å². The molecule has 6 nitrogen and oxygen atoms in total. The molecule has 2 heterocycles. The largest absolute Gasteiger partial charge is 0.416 e. The van der Waals surface area contributed by atoms with Crippen molar-refractivity contribution in [3.8, 4) is 11.4 Å². The van der Waals surface area contributed by atoms with Crippen molar-refractivity contribution in [2.24, 2.45) is 0 Å². The van der Waals surface area contributed by atoms with Crippen molar-refractivity contribution in [2.45, 2.75) is 12.1 Å². The van der Waals surface area contributed by atoms with E-state index in [4.69, 9.17) is 4.52 Å². The standard InChI is InChI=1S/C21H19F3N4O2/c1-27(2)17-8-6-13(7-9-17)20(29)28-11-15(12-28)19-25-18(26-30-19)14-4-3-5-16(10-14)21(22,23)24/h3-10,15H,11-12H2,1-2H3. The van der Waals surface area contributed by atoms with Crippen LogP contribution in [0.1, 0.15) is 27.7 Å². The molecule has 0 N–H and O–H groups in total. The van der Waals surface area contributed by atoms with E-state index >= 15 is 0 Å². The van der Waals surface area contributed by atoms with Crippen LogP contribution in [0.15, 0.2) is 53.1 Å². The number of amides is 1. The fourth-order valence-corrected chi connectivity index (χ4v) is 3.24. The number of halogens is 3. The summed E-state index contributed by atoms with van der Waals surface area (Å²) in [5, 5.41) is 3.81. The van der Waals surface area contributed by atoms with Crippen molar-refractivity contribution in [3.63, 3.8) is 0 Å². The zero-order valence-corrected chi connectivity index (χ0v) is 16.3. The van der Waals surface area contributed by atoms with Crippen molar-refractivity contribution in [1.82, 2.24) is 15.0 Å². The molecule has 9 heteroatoms. The van der Waals surface area contributed by atoms with Crippen LogP contribution in [0, 0.1) is 0 Å². The molecule has 1 aromatic heterocycles. The second kappa shape index (κ2) is 7.47. The minimum atomic E-state index is -4.44. The number of nitrogens with zero attached hydrogens (tertiary/aromatic N) is 4. The summed E-state index contributed by atoms with van der Waals surface area (Å²) in [6.45, 7) is 0.830. The van der Waals surface area contributed by atoms with Gasteiger partial charge in [-0.1, -0.05) is 17.3 Å². The van der Waals surface area contributed by atoms with Gasteiger partial charge in [-0.05, 0) is 36.4 Å². The first-order valence-electron chi connectivity index (χ1n) is 9.30. The van der Waals surface area contributed by atoms with Crippen molar-refractivity contribution >= 4 is 11.6 Å². The topological polar surface area (TPSA) is 62.5 Å². The third-order valence-corrected chi connectivity index (χ3v) is 5.04. The first kappa shape index (κ1) is 19.9. The van der Waals surface area contributed by atoms with Crippen LogP contribution >= 0.6 is 0 Å². The quantitative estimate of drug-likeness (QED) is 0.642. The molecule has 0 bridgehead atoms. The summed E-state index contributed by atoms with van der Waals surface area (Å²) in [6, 6.07) is 12.1. The Morgan fingerprint density at radius 3 is 2.47 bits per heavy atom. The lowest BCUT2D eigenvalue weighted by Gasteiger charge is -2.37. The number of alkyl halides is 3. The highest BCUT2D eigenvalue weighted by atomic mass is 19.4. The summed E-state index contributed by atoms with van der Waals surface area (Å²) in [5.41, 5.74) is 1.05. The molecule has 1 aliphatic heterocycles. The minimum absolute atomic E-state index is 0.0887. The number of benzene rings is 2. The van der Waals surface area contributed by atoms with Crippen LogP contribution in [0.4, 0.5) is 18.9 Å². The van der Waals surface area contributed by atoms with Gasteiger partial charge in [-0.25, -0.2) is 0 Å². The van der Waals surface area contributed by atoms with E-state index in [0.717, 1.165) is 17.8 Å². The normalized spacial score (nSPS) is 14.5. The van der Waals surface area contributed by atoms with E-state index in [2.05, 4.69) is 10.1 Å². The van der Waals surface area contributed by atoms with Crippen LogP contribution in [0.25, 0.3) is 11.4 Å². The maximum atomic E-state index is 12.9. The Morgan fingerprint density at radius 1 is 1.13 bits per heavy atom. The molecule has 0 spiro atoms. The smallest absolute Gasteiger partial charge is 0.378 e. The van der Waals surface area contributed by atoms with E-state index in [9.17, 15) is 18.0 Å². The van der Waals surface area contributed by atoms with Gasteiger partial charge in [0, 0.05) is 44.0 Å². The highest BCUT2D eigenvalue weighted by molar-refractivity contribution is 5.95. The van der Waals surface area contributed by atoms with Crippen LogP contribution in [0.3, 0.4) is 0 Å². The average Bonchev–Trinajstić information content (AvgIpc) is 3.16. The Kier molecular flexibility index (Phi) is 4.97. The van der Waals surface area contributed by atoms with Crippen LogP contribution in [-0.2, 0) is 6.18 Å². The number of likely N-dealkylation sites (tertiary alicyclic amines) is 1. The molecule has 2 aromatic carbocycles. The first-order valence-corrected chi connectivity index (χ1v) is 9.30. The van der Waals surface area contributed by atoms with Gasteiger partial charge in [0.15, 0.2) is 0 Å². The molecule has 156 valence electrons. The number of hydrogen-bond acceptors (Lipinski definition) is 5. The summed E-state index contributed by atoms with van der Waals surface area (Å²) >= 11 is 0. The van der Waals surface area contributed by atoms with Gasteiger partial charge in [0.05, 0.1) is 11.5 Å². The highest BCUT2D eigenvalue weighted by Crippen LogP contribution is 2.33. The predicted octanol–water partition coefficient (Wildman–Crippen LogP) is 4.06. The molecule has 1 aliphatic rings. The summed E-state index contributed by atoms with van der Waals surface area (Å²) < 4.78 is 43.9. The number of carbonyl (C=O) groups is 1. The summed E-state index contributed by atoms with van der Waals surface area (Å²) in [5.74, 6) is 0.186. The number of rotatable bonds is 4. The summed E-state index contributed by atoms with van der Waals surface area (Å²) in [6.07, 6.45) is -4.44. The third kappa shape index (κ3) is 3.87.